The third kappa shape index (κ3) is 5.33. The number of halogens is 2. The molecule has 178 valence electrons. The Balaban J connectivity index is 1.70. The van der Waals surface area contributed by atoms with E-state index in [2.05, 4.69) is 25.8 Å². The monoisotopic (exact) mass is 545 g/mol. The van der Waals surface area contributed by atoms with E-state index in [4.69, 9.17) is 21.3 Å². The fourth-order valence-electron chi connectivity index (χ4n) is 4.12. The van der Waals surface area contributed by atoms with Crippen LogP contribution in [-0.2, 0) is 9.53 Å². The molecule has 0 spiro atoms. The van der Waals surface area contributed by atoms with Crippen LogP contribution in [-0.4, -0.2) is 35.1 Å². The predicted molar refractivity (Wildman–Crippen MR) is 136 cm³/mol. The summed E-state index contributed by atoms with van der Waals surface area (Å²) >= 11 is 9.80. The lowest BCUT2D eigenvalue weighted by molar-refractivity contribution is -0.147. The third-order valence-corrected chi connectivity index (χ3v) is 6.71. The first-order chi connectivity index (χ1) is 16.4. The van der Waals surface area contributed by atoms with Crippen molar-refractivity contribution in [2.45, 2.75) is 51.0 Å². The molecule has 0 unspecified atom stereocenters. The predicted octanol–water partition coefficient (Wildman–Crippen LogP) is 5.68. The van der Waals surface area contributed by atoms with Crippen LogP contribution in [0.4, 0.5) is 0 Å². The van der Waals surface area contributed by atoms with E-state index in [-0.39, 0.29) is 11.5 Å². The van der Waals surface area contributed by atoms with Crippen molar-refractivity contribution in [3.63, 3.8) is 0 Å². The van der Waals surface area contributed by atoms with E-state index in [1.165, 1.54) is 18.2 Å². The van der Waals surface area contributed by atoms with Crippen LogP contribution in [0.5, 0.6) is 5.75 Å². The van der Waals surface area contributed by atoms with Gasteiger partial charge in [0.05, 0.1) is 29.2 Å². The van der Waals surface area contributed by atoms with Gasteiger partial charge in [-0.1, -0.05) is 46.8 Å². The topological polar surface area (TPSA) is 82.8 Å². The number of esters is 1. The van der Waals surface area contributed by atoms with Gasteiger partial charge in [0.15, 0.2) is 6.10 Å². The number of hydrogen-bond donors (Lipinski definition) is 0. The molecule has 1 fully saturated rings. The Hall–Kier alpha value is -2.71. The van der Waals surface area contributed by atoms with Gasteiger partial charge in [-0.15, -0.1) is 0 Å². The summed E-state index contributed by atoms with van der Waals surface area (Å²) in [6.07, 6.45) is 6.19. The quantitative estimate of drug-likeness (QED) is 0.293. The third-order valence-electron chi connectivity index (χ3n) is 5.92. The number of nitrogens with zero attached hydrogens (tertiary/aromatic N) is 3. The van der Waals surface area contributed by atoms with E-state index in [1.807, 2.05) is 12.1 Å². The maximum Gasteiger partial charge on any atom is 0.346 e. The zero-order valence-corrected chi connectivity index (χ0v) is 21.3. The molecule has 0 bridgehead atoms. The highest BCUT2D eigenvalue weighted by molar-refractivity contribution is 9.10. The van der Waals surface area contributed by atoms with Crippen molar-refractivity contribution in [1.82, 2.24) is 9.66 Å². The Morgan fingerprint density at radius 2 is 2.00 bits per heavy atom. The lowest BCUT2D eigenvalue weighted by Crippen LogP contribution is -2.25. The summed E-state index contributed by atoms with van der Waals surface area (Å²) in [5.41, 5.74) is 1.14. The van der Waals surface area contributed by atoms with Crippen molar-refractivity contribution in [3.8, 4) is 5.75 Å². The zero-order chi connectivity index (χ0) is 24.2. The average molecular weight is 547 g/mol. The Morgan fingerprint density at radius 1 is 1.24 bits per heavy atom. The molecule has 3 aromatic rings. The van der Waals surface area contributed by atoms with Crippen LogP contribution in [0.2, 0.25) is 5.02 Å². The molecule has 0 amide bonds. The fraction of sp³-hybridized carbons (Fsp3) is 0.360. The number of ether oxygens (including phenoxy) is 2. The lowest BCUT2D eigenvalue weighted by Gasteiger charge is -2.22. The van der Waals surface area contributed by atoms with Gasteiger partial charge in [0.2, 0.25) is 0 Å². The Morgan fingerprint density at radius 3 is 2.71 bits per heavy atom. The molecular weight excluding hydrogens is 522 g/mol. The van der Waals surface area contributed by atoms with Gasteiger partial charge < -0.3 is 9.47 Å². The molecular formula is C25H25BrClN3O4. The highest BCUT2D eigenvalue weighted by Crippen LogP contribution is 2.32. The van der Waals surface area contributed by atoms with Crippen molar-refractivity contribution in [1.29, 1.82) is 0 Å². The van der Waals surface area contributed by atoms with Gasteiger partial charge in [-0.2, -0.15) is 9.78 Å². The number of aromatic nitrogens is 2. The Labute approximate surface area is 210 Å². The fourth-order valence-corrected chi connectivity index (χ4v) is 4.72. The smallest absolute Gasteiger partial charge is 0.346 e. The van der Waals surface area contributed by atoms with Gasteiger partial charge in [0, 0.05) is 10.4 Å². The first-order valence-corrected chi connectivity index (χ1v) is 12.3. The van der Waals surface area contributed by atoms with E-state index in [0.29, 0.717) is 33.1 Å². The van der Waals surface area contributed by atoms with Gasteiger partial charge in [-0.25, -0.2) is 9.78 Å². The number of rotatable bonds is 6. The van der Waals surface area contributed by atoms with Crippen LogP contribution < -0.4 is 10.3 Å². The molecule has 7 nitrogen and oxygen atoms in total. The lowest BCUT2D eigenvalue weighted by atomic mass is 9.88. The summed E-state index contributed by atoms with van der Waals surface area (Å²) in [5, 5.41) is 5.36. The molecule has 9 heteroatoms. The first kappa shape index (κ1) is 24.4. The minimum atomic E-state index is -0.790. The van der Waals surface area contributed by atoms with Crippen molar-refractivity contribution in [2.75, 3.05) is 7.11 Å². The van der Waals surface area contributed by atoms with Crippen molar-refractivity contribution in [3.05, 3.63) is 67.6 Å². The minimum Gasteiger partial charge on any atom is -0.477 e. The van der Waals surface area contributed by atoms with Crippen LogP contribution in [0.15, 0.2) is 50.8 Å². The first-order valence-electron chi connectivity index (χ1n) is 11.2. The molecule has 0 saturated heterocycles. The molecule has 0 radical (unpaired) electrons. The molecule has 1 heterocycles. The Kier molecular flexibility index (Phi) is 7.68. The van der Waals surface area contributed by atoms with Crippen LogP contribution >= 0.6 is 27.5 Å². The van der Waals surface area contributed by atoms with Crippen LogP contribution in [0.1, 0.15) is 56.3 Å². The van der Waals surface area contributed by atoms with E-state index in [1.54, 1.807) is 37.4 Å². The van der Waals surface area contributed by atoms with Gasteiger partial charge in [0.1, 0.15) is 11.6 Å². The molecule has 2 aromatic carbocycles. The summed E-state index contributed by atoms with van der Waals surface area (Å²) in [4.78, 5) is 29.8. The molecule has 1 atom stereocenters. The molecule has 1 aliphatic rings. The molecule has 1 saturated carbocycles. The number of carbonyl (C=O) groups is 1. The van der Waals surface area contributed by atoms with E-state index < -0.39 is 12.1 Å². The molecule has 0 aliphatic heterocycles. The van der Waals surface area contributed by atoms with Crippen LogP contribution in [0, 0.1) is 0 Å². The molecule has 1 aliphatic carbocycles. The van der Waals surface area contributed by atoms with Crippen LogP contribution in [0.3, 0.4) is 0 Å². The van der Waals surface area contributed by atoms with Crippen molar-refractivity contribution in [2.24, 2.45) is 5.10 Å². The standard InChI is InChI=1S/C25H25BrClN3O4/c1-15(25(32)33-2)34-22-11-8-16(12-20(22)27)14-28-30-23(17-6-4-3-5-7-17)29-21-10-9-18(26)13-19(21)24(30)31/h8-15,17H,3-7H2,1-2H3/t15-/m1/s1. The number of fused-ring (bicyclic) bond motifs is 1. The van der Waals surface area contributed by atoms with Crippen molar-refractivity contribution >= 4 is 50.6 Å². The second-order valence-electron chi connectivity index (χ2n) is 8.30. The molecule has 1 aromatic heterocycles. The zero-order valence-electron chi connectivity index (χ0n) is 19.0. The summed E-state index contributed by atoms with van der Waals surface area (Å²) in [6.45, 7) is 1.59. The van der Waals surface area contributed by atoms with Crippen molar-refractivity contribution < 1.29 is 14.3 Å². The highest BCUT2D eigenvalue weighted by atomic mass is 79.9. The normalized spacial score (nSPS) is 15.5. The summed E-state index contributed by atoms with van der Waals surface area (Å²) in [7, 11) is 1.30. The van der Waals surface area contributed by atoms with Gasteiger partial charge in [0.25, 0.3) is 5.56 Å². The van der Waals surface area contributed by atoms with Crippen LogP contribution in [0.25, 0.3) is 10.9 Å². The summed E-state index contributed by atoms with van der Waals surface area (Å²) < 4.78 is 12.5. The number of methoxy groups -OCH3 is 1. The molecule has 34 heavy (non-hydrogen) atoms. The largest absolute Gasteiger partial charge is 0.477 e. The second-order valence-corrected chi connectivity index (χ2v) is 9.62. The highest BCUT2D eigenvalue weighted by Gasteiger charge is 2.22. The average Bonchev–Trinajstić information content (AvgIpc) is 2.85. The maximum atomic E-state index is 13.4. The molecule has 4 rings (SSSR count). The second kappa shape index (κ2) is 10.7. The van der Waals surface area contributed by atoms with E-state index >= 15 is 0 Å². The molecule has 0 N–H and O–H groups in total. The number of carbonyl (C=O) groups excluding carboxylic acids is 1. The number of hydrogen-bond acceptors (Lipinski definition) is 6. The van der Waals surface area contributed by atoms with Gasteiger partial charge in [-0.3, -0.25) is 4.79 Å². The summed E-state index contributed by atoms with van der Waals surface area (Å²) in [6, 6.07) is 10.6. The SMILES string of the molecule is COC(=O)[C@@H](C)Oc1ccc(C=Nn2c(C3CCCCC3)nc3ccc(Br)cc3c2=O)cc1Cl. The maximum absolute atomic E-state index is 13.4. The summed E-state index contributed by atoms with van der Waals surface area (Å²) in [5.74, 6) is 0.736. The van der Waals surface area contributed by atoms with Gasteiger partial charge >= 0.3 is 5.97 Å². The van der Waals surface area contributed by atoms with E-state index in [0.717, 1.165) is 30.2 Å². The Bertz CT molecular complexity index is 1300. The minimum absolute atomic E-state index is 0.186. The van der Waals surface area contributed by atoms with Gasteiger partial charge in [-0.05, 0) is 61.7 Å². The number of benzene rings is 2. The van der Waals surface area contributed by atoms with E-state index in [9.17, 15) is 9.59 Å².